The fraction of sp³-hybridized carbons (Fsp3) is 0.350. The van der Waals surface area contributed by atoms with Gasteiger partial charge in [-0.1, -0.05) is 50.1 Å². The molecule has 1 aliphatic heterocycles. The number of rotatable bonds is 6. The Morgan fingerprint density at radius 1 is 1.04 bits per heavy atom. The Bertz CT molecular complexity index is 690. The summed E-state index contributed by atoms with van der Waals surface area (Å²) in [5.74, 6) is 1.33. The van der Waals surface area contributed by atoms with Crippen LogP contribution in [-0.4, -0.2) is 12.6 Å². The van der Waals surface area contributed by atoms with Gasteiger partial charge in [0.05, 0.1) is 6.61 Å². The molecule has 0 amide bonds. The third-order valence-electron chi connectivity index (χ3n) is 4.46. The highest BCUT2D eigenvalue weighted by atomic mass is 16.5. The molecule has 0 bridgehead atoms. The summed E-state index contributed by atoms with van der Waals surface area (Å²) in [5, 5.41) is 0. The lowest BCUT2D eigenvalue weighted by atomic mass is 9.72. The zero-order valence-electron chi connectivity index (χ0n) is 13.7. The van der Waals surface area contributed by atoms with Crippen LogP contribution in [0, 0.1) is 0 Å². The van der Waals surface area contributed by atoms with Gasteiger partial charge in [0.2, 0.25) is 0 Å². The minimum Gasteiger partial charge on any atom is -0.494 e. The summed E-state index contributed by atoms with van der Waals surface area (Å²) in [6.45, 7) is 4.73. The number of esters is 1. The second kappa shape index (κ2) is 6.45. The van der Waals surface area contributed by atoms with Gasteiger partial charge < -0.3 is 9.47 Å². The number of hydrogen-bond acceptors (Lipinski definition) is 3. The number of benzene rings is 2. The van der Waals surface area contributed by atoms with Crippen LogP contribution in [0.4, 0.5) is 0 Å². The average molecular weight is 310 g/mol. The quantitative estimate of drug-likeness (QED) is 0.583. The SMILES string of the molecule is CCCCC1(c2ccc(OCC)cc2)C(=O)Oc2ccccc21. The summed E-state index contributed by atoms with van der Waals surface area (Å²) in [4.78, 5) is 12.8. The average Bonchev–Trinajstić information content (AvgIpc) is 2.86. The van der Waals surface area contributed by atoms with E-state index in [9.17, 15) is 4.79 Å². The van der Waals surface area contributed by atoms with Crippen LogP contribution >= 0.6 is 0 Å². The van der Waals surface area contributed by atoms with Crippen molar-refractivity contribution in [1.82, 2.24) is 0 Å². The van der Waals surface area contributed by atoms with Gasteiger partial charge in [0.25, 0.3) is 0 Å². The Morgan fingerprint density at radius 3 is 2.48 bits per heavy atom. The highest BCUT2D eigenvalue weighted by Gasteiger charge is 2.49. The van der Waals surface area contributed by atoms with E-state index in [1.54, 1.807) is 0 Å². The van der Waals surface area contributed by atoms with Gasteiger partial charge in [0.15, 0.2) is 0 Å². The molecule has 3 nitrogen and oxygen atoms in total. The number of carbonyl (C=O) groups excluding carboxylic acids is 1. The van der Waals surface area contributed by atoms with Gasteiger partial charge >= 0.3 is 5.97 Å². The zero-order valence-corrected chi connectivity index (χ0v) is 13.7. The van der Waals surface area contributed by atoms with Crippen molar-refractivity contribution >= 4 is 5.97 Å². The van der Waals surface area contributed by atoms with E-state index in [-0.39, 0.29) is 5.97 Å². The molecule has 0 fully saturated rings. The predicted octanol–water partition coefficient (Wildman–Crippen LogP) is 4.48. The van der Waals surface area contributed by atoms with E-state index in [1.165, 1.54) is 0 Å². The molecule has 1 unspecified atom stereocenters. The number of unbranched alkanes of at least 4 members (excludes halogenated alkanes) is 1. The number of fused-ring (bicyclic) bond motifs is 1. The summed E-state index contributed by atoms with van der Waals surface area (Å²) in [6, 6.07) is 15.6. The van der Waals surface area contributed by atoms with Crippen molar-refractivity contribution in [2.24, 2.45) is 0 Å². The fourth-order valence-corrected chi connectivity index (χ4v) is 3.30. The Kier molecular flexibility index (Phi) is 4.37. The molecule has 0 saturated carbocycles. The number of para-hydroxylation sites is 1. The first-order valence-corrected chi connectivity index (χ1v) is 8.27. The van der Waals surface area contributed by atoms with Gasteiger partial charge in [-0.3, -0.25) is 4.79 Å². The summed E-state index contributed by atoms with van der Waals surface area (Å²) in [6.07, 6.45) is 2.76. The number of carbonyl (C=O) groups is 1. The molecule has 23 heavy (non-hydrogen) atoms. The van der Waals surface area contributed by atoms with Crippen molar-refractivity contribution < 1.29 is 14.3 Å². The predicted molar refractivity (Wildman–Crippen MR) is 90.0 cm³/mol. The molecule has 120 valence electrons. The molecule has 3 rings (SSSR count). The maximum atomic E-state index is 12.8. The summed E-state index contributed by atoms with van der Waals surface area (Å²) in [7, 11) is 0. The third-order valence-corrected chi connectivity index (χ3v) is 4.46. The molecule has 0 aliphatic carbocycles. The van der Waals surface area contributed by atoms with Crippen molar-refractivity contribution in [2.45, 2.75) is 38.5 Å². The van der Waals surface area contributed by atoms with Crippen molar-refractivity contribution in [2.75, 3.05) is 6.61 Å². The van der Waals surface area contributed by atoms with Crippen LogP contribution in [0.25, 0.3) is 0 Å². The minimum absolute atomic E-state index is 0.170. The summed E-state index contributed by atoms with van der Waals surface area (Å²) < 4.78 is 11.1. The van der Waals surface area contributed by atoms with E-state index in [0.29, 0.717) is 12.4 Å². The molecule has 0 radical (unpaired) electrons. The van der Waals surface area contributed by atoms with Crippen molar-refractivity contribution in [1.29, 1.82) is 0 Å². The van der Waals surface area contributed by atoms with Gasteiger partial charge in [0.1, 0.15) is 16.9 Å². The van der Waals surface area contributed by atoms with Gasteiger partial charge in [0, 0.05) is 5.56 Å². The summed E-state index contributed by atoms with van der Waals surface area (Å²) in [5.41, 5.74) is 1.25. The van der Waals surface area contributed by atoms with Crippen LogP contribution < -0.4 is 9.47 Å². The van der Waals surface area contributed by atoms with Crippen LogP contribution in [0.5, 0.6) is 11.5 Å². The topological polar surface area (TPSA) is 35.5 Å². The second-order valence-corrected chi connectivity index (χ2v) is 5.85. The smallest absolute Gasteiger partial charge is 0.326 e. The van der Waals surface area contributed by atoms with E-state index in [0.717, 1.165) is 36.1 Å². The maximum absolute atomic E-state index is 12.8. The van der Waals surface area contributed by atoms with Crippen molar-refractivity contribution in [3.63, 3.8) is 0 Å². The Balaban J connectivity index is 2.09. The molecule has 1 heterocycles. The Labute approximate surface area is 137 Å². The van der Waals surface area contributed by atoms with Crippen LogP contribution in [0.2, 0.25) is 0 Å². The van der Waals surface area contributed by atoms with E-state index in [4.69, 9.17) is 9.47 Å². The molecule has 0 saturated heterocycles. The molecule has 3 heteroatoms. The van der Waals surface area contributed by atoms with Crippen LogP contribution in [0.3, 0.4) is 0 Å². The highest BCUT2D eigenvalue weighted by Crippen LogP contribution is 2.47. The summed E-state index contributed by atoms with van der Waals surface area (Å²) >= 11 is 0. The molecule has 0 spiro atoms. The van der Waals surface area contributed by atoms with E-state index < -0.39 is 5.41 Å². The lowest BCUT2D eigenvalue weighted by Crippen LogP contribution is -2.35. The maximum Gasteiger partial charge on any atom is 0.326 e. The first kappa shape index (κ1) is 15.6. The normalized spacial score (nSPS) is 19.3. The molecule has 2 aromatic rings. The standard InChI is InChI=1S/C20H22O3/c1-3-5-14-20(15-10-12-16(13-11-15)22-4-2)17-8-6-7-9-18(17)23-19(20)21/h6-13H,3-5,14H2,1-2H3. The van der Waals surface area contributed by atoms with Crippen LogP contribution in [-0.2, 0) is 10.2 Å². The van der Waals surface area contributed by atoms with Crippen LogP contribution in [0.1, 0.15) is 44.2 Å². The fourth-order valence-electron chi connectivity index (χ4n) is 3.30. The number of ether oxygens (including phenoxy) is 2. The first-order valence-electron chi connectivity index (χ1n) is 8.27. The molecular formula is C20H22O3. The monoisotopic (exact) mass is 310 g/mol. The van der Waals surface area contributed by atoms with Crippen molar-refractivity contribution in [3.05, 3.63) is 59.7 Å². The molecule has 0 aromatic heterocycles. The molecule has 1 atom stereocenters. The lowest BCUT2D eigenvalue weighted by molar-refractivity contribution is -0.137. The second-order valence-electron chi connectivity index (χ2n) is 5.85. The van der Waals surface area contributed by atoms with E-state index >= 15 is 0 Å². The molecule has 0 N–H and O–H groups in total. The van der Waals surface area contributed by atoms with Gasteiger partial charge in [-0.15, -0.1) is 0 Å². The van der Waals surface area contributed by atoms with Gasteiger partial charge in [-0.05, 0) is 37.1 Å². The third kappa shape index (κ3) is 2.61. The molecule has 1 aliphatic rings. The van der Waals surface area contributed by atoms with Crippen molar-refractivity contribution in [3.8, 4) is 11.5 Å². The number of hydrogen-bond donors (Lipinski definition) is 0. The minimum atomic E-state index is -0.697. The largest absolute Gasteiger partial charge is 0.494 e. The Hall–Kier alpha value is -2.29. The zero-order chi connectivity index (χ0) is 16.3. The molecular weight excluding hydrogens is 288 g/mol. The lowest BCUT2D eigenvalue weighted by Gasteiger charge is -2.26. The highest BCUT2D eigenvalue weighted by molar-refractivity contribution is 5.94. The Morgan fingerprint density at radius 2 is 1.78 bits per heavy atom. The van der Waals surface area contributed by atoms with Gasteiger partial charge in [-0.2, -0.15) is 0 Å². The molecule has 2 aromatic carbocycles. The van der Waals surface area contributed by atoms with E-state index in [2.05, 4.69) is 6.92 Å². The van der Waals surface area contributed by atoms with Crippen LogP contribution in [0.15, 0.2) is 48.5 Å². The first-order chi connectivity index (χ1) is 11.2. The van der Waals surface area contributed by atoms with E-state index in [1.807, 2.05) is 55.5 Å². The van der Waals surface area contributed by atoms with Gasteiger partial charge in [-0.25, -0.2) is 0 Å².